The third-order valence-electron chi connectivity index (χ3n) is 1.85. The van der Waals surface area contributed by atoms with Gasteiger partial charge in [0.05, 0.1) is 5.60 Å². The van der Waals surface area contributed by atoms with Gasteiger partial charge in [-0.15, -0.1) is 0 Å². The molecule has 1 nitrogen and oxygen atoms in total. The van der Waals surface area contributed by atoms with Crippen LogP contribution in [0.15, 0.2) is 0 Å². The van der Waals surface area contributed by atoms with Crippen LogP contribution in [0.1, 0.15) is 20.3 Å². The Balaban J connectivity index is 2.54. The van der Waals surface area contributed by atoms with Crippen molar-refractivity contribution in [1.29, 1.82) is 0 Å². The molecule has 1 fully saturated rings. The van der Waals surface area contributed by atoms with E-state index in [2.05, 4.69) is 6.92 Å². The van der Waals surface area contributed by atoms with Gasteiger partial charge in [0.1, 0.15) is 0 Å². The number of thioether (sulfide) groups is 1. The molecule has 48 valence electrons. The summed E-state index contributed by atoms with van der Waals surface area (Å²) in [5.74, 6) is 1.12. The maximum absolute atomic E-state index is 9.44. The molecule has 1 rings (SSSR count). The van der Waals surface area contributed by atoms with Crippen LogP contribution in [0, 0.1) is 0 Å². The molecule has 1 saturated heterocycles. The highest BCUT2D eigenvalue weighted by Crippen LogP contribution is 2.34. The highest BCUT2D eigenvalue weighted by Gasteiger charge is 2.33. The Bertz CT molecular complexity index is 90.5. The first-order valence-electron chi connectivity index (χ1n) is 2.97. The van der Waals surface area contributed by atoms with Gasteiger partial charge in [-0.25, -0.2) is 0 Å². The first-order chi connectivity index (χ1) is 3.63. The van der Waals surface area contributed by atoms with Gasteiger partial charge in [-0.3, -0.25) is 0 Å². The van der Waals surface area contributed by atoms with E-state index in [1.807, 2.05) is 18.7 Å². The van der Waals surface area contributed by atoms with Gasteiger partial charge in [-0.1, -0.05) is 6.92 Å². The SMILES string of the molecule is CC1SCCC1(C)O. The Morgan fingerprint density at radius 2 is 2.38 bits per heavy atom. The minimum Gasteiger partial charge on any atom is -0.389 e. The van der Waals surface area contributed by atoms with Crippen LogP contribution in [0.4, 0.5) is 0 Å². The fraction of sp³-hybridized carbons (Fsp3) is 1.00. The molecular formula is C6H12OS. The molecule has 2 heteroatoms. The van der Waals surface area contributed by atoms with Crippen LogP contribution in [0.2, 0.25) is 0 Å². The zero-order valence-corrected chi connectivity index (χ0v) is 6.16. The Morgan fingerprint density at radius 1 is 1.75 bits per heavy atom. The Kier molecular flexibility index (Phi) is 1.54. The molecule has 0 bridgehead atoms. The standard InChI is InChI=1S/C6H12OS/c1-5-6(2,7)3-4-8-5/h5,7H,3-4H2,1-2H3. The van der Waals surface area contributed by atoms with Gasteiger partial charge in [-0.05, 0) is 19.1 Å². The van der Waals surface area contributed by atoms with E-state index in [-0.39, 0.29) is 5.60 Å². The van der Waals surface area contributed by atoms with E-state index >= 15 is 0 Å². The maximum Gasteiger partial charge on any atom is 0.0743 e. The second kappa shape index (κ2) is 1.92. The van der Waals surface area contributed by atoms with Gasteiger partial charge in [0.25, 0.3) is 0 Å². The van der Waals surface area contributed by atoms with Crippen LogP contribution in [0.3, 0.4) is 0 Å². The van der Waals surface area contributed by atoms with Gasteiger partial charge < -0.3 is 5.11 Å². The molecule has 0 radical (unpaired) electrons. The van der Waals surface area contributed by atoms with Crippen LogP contribution in [-0.2, 0) is 0 Å². The van der Waals surface area contributed by atoms with E-state index in [1.165, 1.54) is 0 Å². The van der Waals surface area contributed by atoms with Crippen LogP contribution in [0.5, 0.6) is 0 Å². The van der Waals surface area contributed by atoms with Crippen molar-refractivity contribution in [2.24, 2.45) is 0 Å². The molecule has 1 heterocycles. The zero-order chi connectivity index (χ0) is 6.20. The summed E-state index contributed by atoms with van der Waals surface area (Å²) >= 11 is 1.85. The monoisotopic (exact) mass is 132 g/mol. The van der Waals surface area contributed by atoms with Crippen LogP contribution >= 0.6 is 11.8 Å². The van der Waals surface area contributed by atoms with Crippen molar-refractivity contribution in [3.05, 3.63) is 0 Å². The molecule has 0 aliphatic carbocycles. The van der Waals surface area contributed by atoms with Crippen molar-refractivity contribution in [2.75, 3.05) is 5.75 Å². The van der Waals surface area contributed by atoms with E-state index < -0.39 is 0 Å². The van der Waals surface area contributed by atoms with E-state index in [0.717, 1.165) is 12.2 Å². The van der Waals surface area contributed by atoms with Gasteiger partial charge in [0.2, 0.25) is 0 Å². The molecule has 0 saturated carbocycles. The summed E-state index contributed by atoms with van der Waals surface area (Å²) < 4.78 is 0. The van der Waals surface area contributed by atoms with Crippen LogP contribution < -0.4 is 0 Å². The van der Waals surface area contributed by atoms with Crippen molar-refractivity contribution >= 4 is 11.8 Å². The Hall–Kier alpha value is 0.310. The molecule has 0 spiro atoms. The van der Waals surface area contributed by atoms with Gasteiger partial charge in [0.15, 0.2) is 0 Å². The minimum atomic E-state index is -0.384. The summed E-state index contributed by atoms with van der Waals surface area (Å²) in [6.07, 6.45) is 0.957. The molecule has 0 amide bonds. The molecule has 0 aromatic heterocycles. The van der Waals surface area contributed by atoms with Crippen molar-refractivity contribution in [1.82, 2.24) is 0 Å². The molecule has 1 aliphatic rings. The van der Waals surface area contributed by atoms with E-state index in [0.29, 0.717) is 5.25 Å². The van der Waals surface area contributed by atoms with Crippen LogP contribution in [0.25, 0.3) is 0 Å². The molecule has 0 aromatic carbocycles. The lowest BCUT2D eigenvalue weighted by Gasteiger charge is -2.19. The summed E-state index contributed by atoms with van der Waals surface area (Å²) in [7, 11) is 0. The highest BCUT2D eigenvalue weighted by atomic mass is 32.2. The lowest BCUT2D eigenvalue weighted by Crippen LogP contribution is -2.29. The third-order valence-corrected chi connectivity index (χ3v) is 3.30. The lowest BCUT2D eigenvalue weighted by molar-refractivity contribution is 0.0662. The Labute approximate surface area is 54.5 Å². The number of rotatable bonds is 0. The second-order valence-electron chi connectivity index (χ2n) is 2.62. The average Bonchev–Trinajstić information content (AvgIpc) is 1.86. The number of hydrogen-bond donors (Lipinski definition) is 1. The lowest BCUT2D eigenvalue weighted by atomic mass is 10.0. The van der Waals surface area contributed by atoms with Gasteiger partial charge in [-0.2, -0.15) is 11.8 Å². The number of hydrogen-bond acceptors (Lipinski definition) is 2. The number of aliphatic hydroxyl groups is 1. The fourth-order valence-electron chi connectivity index (χ4n) is 0.825. The summed E-state index contributed by atoms with van der Waals surface area (Å²) in [6.45, 7) is 4.00. The van der Waals surface area contributed by atoms with Crippen molar-refractivity contribution in [3.63, 3.8) is 0 Å². The van der Waals surface area contributed by atoms with E-state index in [9.17, 15) is 5.11 Å². The fourth-order valence-corrected chi connectivity index (χ4v) is 2.19. The predicted octanol–water partition coefficient (Wildman–Crippen LogP) is 1.26. The zero-order valence-electron chi connectivity index (χ0n) is 5.35. The summed E-state index contributed by atoms with van der Waals surface area (Å²) in [5, 5.41) is 9.88. The predicted molar refractivity (Wildman–Crippen MR) is 37.2 cm³/mol. The molecule has 0 aromatic rings. The first kappa shape index (κ1) is 6.43. The topological polar surface area (TPSA) is 20.2 Å². The Morgan fingerprint density at radius 3 is 2.50 bits per heavy atom. The minimum absolute atomic E-state index is 0.384. The van der Waals surface area contributed by atoms with Gasteiger partial charge >= 0.3 is 0 Å². The van der Waals surface area contributed by atoms with E-state index in [1.54, 1.807) is 0 Å². The molecule has 1 N–H and O–H groups in total. The van der Waals surface area contributed by atoms with Crippen molar-refractivity contribution in [2.45, 2.75) is 31.1 Å². The highest BCUT2D eigenvalue weighted by molar-refractivity contribution is 8.00. The normalized spacial score (nSPS) is 47.6. The molecule has 1 aliphatic heterocycles. The maximum atomic E-state index is 9.44. The summed E-state index contributed by atoms with van der Waals surface area (Å²) in [5.41, 5.74) is -0.384. The van der Waals surface area contributed by atoms with Crippen molar-refractivity contribution in [3.8, 4) is 0 Å². The van der Waals surface area contributed by atoms with Crippen molar-refractivity contribution < 1.29 is 5.11 Å². The third kappa shape index (κ3) is 1.00. The quantitative estimate of drug-likeness (QED) is 0.535. The molecule has 2 unspecified atom stereocenters. The smallest absolute Gasteiger partial charge is 0.0743 e. The van der Waals surface area contributed by atoms with Crippen LogP contribution in [-0.4, -0.2) is 21.7 Å². The molecular weight excluding hydrogens is 120 g/mol. The average molecular weight is 132 g/mol. The molecule has 2 atom stereocenters. The largest absolute Gasteiger partial charge is 0.389 e. The molecule has 8 heavy (non-hydrogen) atoms. The van der Waals surface area contributed by atoms with Gasteiger partial charge in [0, 0.05) is 5.25 Å². The summed E-state index contributed by atoms with van der Waals surface area (Å²) in [6, 6.07) is 0. The first-order valence-corrected chi connectivity index (χ1v) is 4.02. The van der Waals surface area contributed by atoms with E-state index in [4.69, 9.17) is 0 Å². The summed E-state index contributed by atoms with van der Waals surface area (Å²) in [4.78, 5) is 0. The second-order valence-corrected chi connectivity index (χ2v) is 4.07.